The van der Waals surface area contributed by atoms with E-state index < -0.39 is 11.9 Å². The number of aliphatic carboxylic acids is 2. The molecule has 10 nitrogen and oxygen atoms in total. The fourth-order valence-electron chi connectivity index (χ4n) is 4.49. The first-order valence-electron chi connectivity index (χ1n) is 12.8. The number of fused-ring (bicyclic) bond motifs is 1. The second-order valence-electron chi connectivity index (χ2n) is 9.12. The van der Waals surface area contributed by atoms with E-state index in [0.717, 1.165) is 45.7 Å². The number of aliphatic imine (C=N–C) groups is 1. The molecule has 40 heavy (non-hydrogen) atoms. The molecule has 0 saturated carbocycles. The minimum absolute atomic E-state index is 0.0319. The lowest BCUT2D eigenvalue weighted by Crippen LogP contribution is -2.47. The van der Waals surface area contributed by atoms with E-state index in [1.54, 1.807) is 35.2 Å². The van der Waals surface area contributed by atoms with E-state index >= 15 is 0 Å². The van der Waals surface area contributed by atoms with Crippen LogP contribution in [-0.2, 0) is 14.4 Å². The van der Waals surface area contributed by atoms with Crippen molar-refractivity contribution in [2.75, 3.05) is 63.9 Å². The van der Waals surface area contributed by atoms with Crippen LogP contribution in [0.5, 0.6) is 0 Å². The topological polar surface area (TPSA) is 134 Å². The van der Waals surface area contributed by atoms with Crippen molar-refractivity contribution in [2.24, 2.45) is 4.99 Å². The normalized spacial score (nSPS) is 16.1. The highest BCUT2D eigenvalue weighted by Gasteiger charge is 2.26. The Bertz CT molecular complexity index is 1250. The minimum Gasteiger partial charge on any atom is -0.478 e. The van der Waals surface area contributed by atoms with Crippen LogP contribution in [0.25, 0.3) is 0 Å². The Hall–Kier alpha value is -3.64. The second-order valence-corrected chi connectivity index (χ2v) is 9.56. The molecule has 3 N–H and O–H groups in total. The Morgan fingerprint density at radius 1 is 0.925 bits per heavy atom. The Morgan fingerprint density at radius 2 is 1.55 bits per heavy atom. The molecule has 12 heteroatoms. The number of carbonyl (C=O) groups excluding carboxylic acids is 1. The summed E-state index contributed by atoms with van der Waals surface area (Å²) in [6, 6.07) is 11.8. The third-order valence-electron chi connectivity index (χ3n) is 6.41. The van der Waals surface area contributed by atoms with Gasteiger partial charge in [-0.05, 0) is 43.3 Å². The molecule has 2 aromatic carbocycles. The van der Waals surface area contributed by atoms with Gasteiger partial charge in [0.15, 0.2) is 0 Å². The highest BCUT2D eigenvalue weighted by atomic mass is 35.5. The molecule has 2 aliphatic rings. The average Bonchev–Trinajstić information content (AvgIpc) is 3.05. The van der Waals surface area contributed by atoms with Crippen LogP contribution in [0.3, 0.4) is 0 Å². The molecule has 214 valence electrons. The number of benzodiazepines with no additional fused rings is 1. The highest BCUT2D eigenvalue weighted by Crippen LogP contribution is 2.30. The Balaban J connectivity index is 0.000000482. The van der Waals surface area contributed by atoms with Gasteiger partial charge >= 0.3 is 11.9 Å². The van der Waals surface area contributed by atoms with E-state index in [9.17, 15) is 18.8 Å². The number of benzene rings is 2. The van der Waals surface area contributed by atoms with Crippen molar-refractivity contribution in [3.63, 3.8) is 0 Å². The van der Waals surface area contributed by atoms with Crippen LogP contribution in [0.1, 0.15) is 17.5 Å². The minimum atomic E-state index is -1.26. The smallest absolute Gasteiger partial charge is 0.328 e. The SMILES string of the molecule is O=C(O)/C=C\C(=O)O.O=C1CN=C(c2ccccc2F)c2cc(Cl)ccc2N1CCCN1CCN(CCO)CC1. The van der Waals surface area contributed by atoms with E-state index in [2.05, 4.69) is 14.8 Å². The molecule has 0 radical (unpaired) electrons. The number of aliphatic hydroxyl groups is 1. The monoisotopic (exact) mass is 574 g/mol. The number of carbonyl (C=O) groups is 3. The second kappa shape index (κ2) is 15.2. The van der Waals surface area contributed by atoms with Crippen molar-refractivity contribution in [1.29, 1.82) is 0 Å². The van der Waals surface area contributed by atoms with Crippen LogP contribution in [0, 0.1) is 5.82 Å². The fraction of sp³-hybridized carbons (Fsp3) is 0.357. The largest absolute Gasteiger partial charge is 0.478 e. The first kappa shape index (κ1) is 30.9. The summed E-state index contributed by atoms with van der Waals surface area (Å²) < 4.78 is 14.5. The van der Waals surface area contributed by atoms with E-state index in [4.69, 9.17) is 26.9 Å². The molecule has 0 unspecified atom stereocenters. The zero-order valence-corrected chi connectivity index (χ0v) is 22.6. The highest BCUT2D eigenvalue weighted by molar-refractivity contribution is 6.32. The molecule has 0 aromatic heterocycles. The quantitative estimate of drug-likeness (QED) is 0.389. The summed E-state index contributed by atoms with van der Waals surface area (Å²) >= 11 is 6.27. The van der Waals surface area contributed by atoms with Crippen LogP contribution < -0.4 is 4.90 Å². The molecule has 2 aromatic rings. The van der Waals surface area contributed by atoms with Crippen LogP contribution in [-0.4, -0.2) is 108 Å². The maximum Gasteiger partial charge on any atom is 0.328 e. The maximum atomic E-state index is 14.5. The molecule has 2 heterocycles. The summed E-state index contributed by atoms with van der Waals surface area (Å²) in [7, 11) is 0. The third kappa shape index (κ3) is 8.95. The number of nitrogens with zero attached hydrogens (tertiary/aromatic N) is 4. The van der Waals surface area contributed by atoms with Gasteiger partial charge in [0.1, 0.15) is 12.4 Å². The molecule has 0 spiro atoms. The van der Waals surface area contributed by atoms with Crippen LogP contribution in [0.4, 0.5) is 10.1 Å². The molecule has 1 fully saturated rings. The van der Waals surface area contributed by atoms with Crippen molar-refractivity contribution in [3.8, 4) is 0 Å². The number of piperazine rings is 1. The van der Waals surface area contributed by atoms with Gasteiger partial charge in [0.25, 0.3) is 0 Å². The number of carboxylic acids is 2. The molecule has 0 atom stereocenters. The lowest BCUT2D eigenvalue weighted by atomic mass is 9.99. The van der Waals surface area contributed by atoms with Crippen molar-refractivity contribution < 1.29 is 34.1 Å². The third-order valence-corrected chi connectivity index (χ3v) is 6.65. The number of aliphatic hydroxyl groups excluding tert-OH is 1. The fourth-order valence-corrected chi connectivity index (χ4v) is 4.66. The summed E-state index contributed by atoms with van der Waals surface area (Å²) in [5.41, 5.74) is 2.21. The van der Waals surface area contributed by atoms with Gasteiger partial charge in [0.2, 0.25) is 5.91 Å². The van der Waals surface area contributed by atoms with Gasteiger partial charge in [-0.25, -0.2) is 14.0 Å². The van der Waals surface area contributed by atoms with E-state index in [-0.39, 0.29) is 24.9 Å². The number of rotatable bonds is 9. The Labute approximate surface area is 236 Å². The molecular weight excluding hydrogens is 543 g/mol. The molecular formula is C28H32ClFN4O6. The molecule has 0 aliphatic carbocycles. The van der Waals surface area contributed by atoms with Crippen molar-refractivity contribution in [2.45, 2.75) is 6.42 Å². The number of carboxylic acid groups (broad SMARTS) is 2. The lowest BCUT2D eigenvalue weighted by Gasteiger charge is -2.34. The standard InChI is InChI=1S/C24H28ClFN4O2.C4H4O4/c25-18-6-7-22-20(16-18)24(19-4-1-2-5-21(19)26)27-17-23(32)30(22)9-3-8-28-10-12-29(13-11-28)14-15-31;5-3(6)1-2-4(7)8/h1-2,4-7,16,31H,3,8-15,17H2;1-2H,(H,5,6)(H,7,8)/b;2-1-. The molecule has 0 bridgehead atoms. The summed E-state index contributed by atoms with van der Waals surface area (Å²) in [4.78, 5) is 43.0. The molecule has 1 saturated heterocycles. The molecule has 2 aliphatic heterocycles. The van der Waals surface area contributed by atoms with Crippen molar-refractivity contribution in [1.82, 2.24) is 9.80 Å². The van der Waals surface area contributed by atoms with Gasteiger partial charge in [0, 0.05) is 67.6 Å². The first-order chi connectivity index (χ1) is 19.2. The summed E-state index contributed by atoms with van der Waals surface area (Å²) in [6.07, 6.45) is 1.94. The number of hydrogen-bond donors (Lipinski definition) is 3. The van der Waals surface area contributed by atoms with E-state index in [1.807, 2.05) is 6.07 Å². The van der Waals surface area contributed by atoms with E-state index in [1.165, 1.54) is 6.07 Å². The lowest BCUT2D eigenvalue weighted by molar-refractivity contribution is -0.134. The number of halogens is 2. The number of β-amino-alcohol motifs (C(OH)–C–C–N with tert-alkyl or cyclic N) is 1. The van der Waals surface area contributed by atoms with Crippen LogP contribution in [0.15, 0.2) is 59.6 Å². The zero-order chi connectivity index (χ0) is 29.1. The number of amides is 1. The molecule has 1 amide bonds. The Morgan fingerprint density at radius 3 is 2.15 bits per heavy atom. The van der Waals surface area contributed by atoms with Gasteiger partial charge < -0.3 is 25.1 Å². The summed E-state index contributed by atoms with van der Waals surface area (Å²) in [5.74, 6) is -2.99. The van der Waals surface area contributed by atoms with Gasteiger partial charge in [-0.1, -0.05) is 23.7 Å². The van der Waals surface area contributed by atoms with Crippen LogP contribution in [0.2, 0.25) is 5.02 Å². The summed E-state index contributed by atoms with van der Waals surface area (Å²) in [5, 5.41) is 25.2. The average molecular weight is 575 g/mol. The van der Waals surface area contributed by atoms with Gasteiger partial charge in [-0.3, -0.25) is 14.7 Å². The zero-order valence-electron chi connectivity index (χ0n) is 21.9. The Kier molecular flexibility index (Phi) is 11.8. The van der Waals surface area contributed by atoms with Crippen molar-refractivity contribution >= 4 is 40.8 Å². The predicted octanol–water partition coefficient (Wildman–Crippen LogP) is 2.37. The number of anilines is 1. The maximum absolute atomic E-state index is 14.5. The van der Waals surface area contributed by atoms with Crippen molar-refractivity contribution in [3.05, 3.63) is 76.6 Å². The van der Waals surface area contributed by atoms with Gasteiger partial charge in [-0.15, -0.1) is 0 Å². The number of hydrogen-bond acceptors (Lipinski definition) is 7. The first-order valence-corrected chi connectivity index (χ1v) is 13.2. The predicted molar refractivity (Wildman–Crippen MR) is 150 cm³/mol. The van der Waals surface area contributed by atoms with E-state index in [0.29, 0.717) is 46.2 Å². The van der Waals surface area contributed by atoms with Crippen LogP contribution >= 0.6 is 11.6 Å². The summed E-state index contributed by atoms with van der Waals surface area (Å²) in [6.45, 7) is 6.15. The molecule has 4 rings (SSSR count). The van der Waals surface area contributed by atoms with Gasteiger partial charge in [0.05, 0.1) is 18.0 Å². The van der Waals surface area contributed by atoms with Gasteiger partial charge in [-0.2, -0.15) is 0 Å².